The number of hydrogen-bond donors (Lipinski definition) is 1. The molecule has 0 aromatic heterocycles. The van der Waals surface area contributed by atoms with Crippen LogP contribution in [0.4, 0.5) is 0 Å². The first-order valence-corrected chi connectivity index (χ1v) is 20.4. The summed E-state index contributed by atoms with van der Waals surface area (Å²) < 4.78 is 0. The van der Waals surface area contributed by atoms with Gasteiger partial charge in [0.2, 0.25) is 0 Å². The molecule has 6 aromatic carbocycles. The van der Waals surface area contributed by atoms with E-state index in [2.05, 4.69) is 155 Å². The van der Waals surface area contributed by atoms with Crippen molar-refractivity contribution < 1.29 is 0 Å². The number of benzene rings is 6. The van der Waals surface area contributed by atoms with Gasteiger partial charge in [-0.25, -0.2) is 0 Å². The Morgan fingerprint density at radius 2 is 1.00 bits per heavy atom. The Hall–Kier alpha value is -4.26. The average molecular weight is 768 g/mol. The molecule has 4 nitrogen and oxygen atoms in total. The normalized spacial score (nSPS) is 18.1. The van der Waals surface area contributed by atoms with Gasteiger partial charge in [-0.2, -0.15) is 0 Å². The largest absolute Gasteiger partial charge is 0.308 e. The molecule has 2 fully saturated rings. The lowest BCUT2D eigenvalue weighted by Crippen LogP contribution is -2.50. The molecule has 6 heteroatoms. The highest BCUT2D eigenvalue weighted by Crippen LogP contribution is 2.31. The van der Waals surface area contributed by atoms with Gasteiger partial charge in [-0.1, -0.05) is 169 Å². The molecule has 2 aliphatic rings. The highest BCUT2D eigenvalue weighted by Gasteiger charge is 2.29. The second-order valence-corrected chi connectivity index (χ2v) is 15.8. The van der Waals surface area contributed by atoms with Crippen LogP contribution in [0.5, 0.6) is 0 Å². The minimum atomic E-state index is 0.410. The molecular weight excluding hydrogens is 715 g/mol. The van der Waals surface area contributed by atoms with Gasteiger partial charge in [0.15, 0.2) is 0 Å². The van der Waals surface area contributed by atoms with E-state index < -0.39 is 0 Å². The third kappa shape index (κ3) is 10.3. The van der Waals surface area contributed by atoms with Crippen LogP contribution in [-0.2, 0) is 13.1 Å². The van der Waals surface area contributed by atoms with E-state index >= 15 is 0 Å². The molecule has 0 saturated carbocycles. The van der Waals surface area contributed by atoms with E-state index in [4.69, 9.17) is 23.2 Å². The minimum Gasteiger partial charge on any atom is -0.308 e. The van der Waals surface area contributed by atoms with Gasteiger partial charge in [0.25, 0.3) is 0 Å². The molecule has 0 radical (unpaired) electrons. The summed E-state index contributed by atoms with van der Waals surface area (Å²) in [6.07, 6.45) is 0. The van der Waals surface area contributed by atoms with Crippen molar-refractivity contribution in [2.75, 3.05) is 39.3 Å². The van der Waals surface area contributed by atoms with Crippen LogP contribution in [0.2, 0.25) is 10.0 Å². The molecule has 0 spiro atoms. The lowest BCUT2D eigenvalue weighted by atomic mass is 9.99. The summed E-state index contributed by atoms with van der Waals surface area (Å²) >= 11 is 12.7. The van der Waals surface area contributed by atoms with Crippen LogP contribution >= 0.6 is 23.2 Å². The quantitative estimate of drug-likeness (QED) is 0.158. The fourth-order valence-electron chi connectivity index (χ4n) is 7.94. The predicted octanol–water partition coefficient (Wildman–Crippen LogP) is 11.4. The van der Waals surface area contributed by atoms with Crippen LogP contribution in [0.25, 0.3) is 22.3 Å². The highest BCUT2D eigenvalue weighted by atomic mass is 35.5. The molecule has 2 heterocycles. The Labute approximate surface area is 338 Å². The molecule has 2 saturated heterocycles. The van der Waals surface area contributed by atoms with Crippen LogP contribution < -0.4 is 5.32 Å². The maximum absolute atomic E-state index is 6.35. The van der Waals surface area contributed by atoms with Crippen molar-refractivity contribution >= 4 is 23.2 Å². The van der Waals surface area contributed by atoms with Gasteiger partial charge in [0.05, 0.1) is 0 Å². The number of nitrogens with zero attached hydrogens (tertiary/aromatic N) is 3. The zero-order valence-electron chi connectivity index (χ0n) is 32.0. The highest BCUT2D eigenvalue weighted by molar-refractivity contribution is 6.33. The Bertz CT molecular complexity index is 2070. The molecule has 2 aliphatic heterocycles. The van der Waals surface area contributed by atoms with Crippen LogP contribution in [0.1, 0.15) is 48.2 Å². The minimum absolute atomic E-state index is 0.410. The third-order valence-corrected chi connectivity index (χ3v) is 11.6. The van der Waals surface area contributed by atoms with Gasteiger partial charge < -0.3 is 5.32 Å². The lowest BCUT2D eigenvalue weighted by Gasteiger charge is -2.44. The van der Waals surface area contributed by atoms with E-state index in [0.717, 1.165) is 73.5 Å². The van der Waals surface area contributed by atoms with Gasteiger partial charge in [-0.05, 0) is 59.4 Å². The summed E-state index contributed by atoms with van der Waals surface area (Å²) in [5.74, 6) is 0. The lowest BCUT2D eigenvalue weighted by molar-refractivity contribution is 0.0468. The van der Waals surface area contributed by atoms with E-state index in [1.807, 2.05) is 36.4 Å². The van der Waals surface area contributed by atoms with E-state index in [0.29, 0.717) is 18.1 Å². The zero-order chi connectivity index (χ0) is 38.0. The summed E-state index contributed by atoms with van der Waals surface area (Å²) in [7, 11) is 0. The molecule has 0 aliphatic carbocycles. The van der Waals surface area contributed by atoms with Crippen LogP contribution in [0, 0.1) is 0 Å². The smallest absolute Gasteiger partial charge is 0.0484 e. The summed E-state index contributed by atoms with van der Waals surface area (Å²) in [5, 5.41) is 5.23. The predicted molar refractivity (Wildman–Crippen MR) is 233 cm³/mol. The Morgan fingerprint density at radius 1 is 0.527 bits per heavy atom. The van der Waals surface area contributed by atoms with E-state index in [1.54, 1.807) is 0 Å². The molecule has 6 aromatic rings. The summed E-state index contributed by atoms with van der Waals surface area (Å²) in [4.78, 5) is 7.74. The van der Waals surface area contributed by atoms with Gasteiger partial charge in [-0.3, -0.25) is 14.7 Å². The number of piperazine rings is 2. The molecule has 2 atom stereocenters. The second-order valence-electron chi connectivity index (χ2n) is 15.0. The number of nitrogens with one attached hydrogen (secondary N) is 1. The summed E-state index contributed by atoms with van der Waals surface area (Å²) in [6.45, 7) is 13.0. The molecule has 0 amide bonds. The molecule has 55 heavy (non-hydrogen) atoms. The van der Waals surface area contributed by atoms with Crippen molar-refractivity contribution in [3.8, 4) is 22.3 Å². The average Bonchev–Trinajstić information content (AvgIpc) is 3.23. The molecule has 8 rings (SSSR count). The first kappa shape index (κ1) is 39.0. The molecule has 1 N–H and O–H groups in total. The van der Waals surface area contributed by atoms with Crippen molar-refractivity contribution in [1.29, 1.82) is 0 Å². The standard InChI is InChI=1S/C26H29ClN2.C23H23ClN2/c1-20(2)29-17-16-28(19-26(29)23-8-4-3-5-9-23)18-21-12-14-22(15-13-21)24-10-6-7-11-25(24)27;24-22-9-5-4-8-21(22)19-12-10-18(11-13-19)16-26-15-14-25-23(17-26)20-6-2-1-3-7-20/h3-15,20,26H,16-19H2,1-2H3;1-13,23,25H,14-17H2. The first-order chi connectivity index (χ1) is 26.9. The fourth-order valence-corrected chi connectivity index (χ4v) is 8.43. The Morgan fingerprint density at radius 3 is 1.51 bits per heavy atom. The van der Waals surface area contributed by atoms with E-state index in [1.165, 1.54) is 33.4 Å². The Balaban J connectivity index is 0.000000170. The number of halogens is 2. The third-order valence-electron chi connectivity index (χ3n) is 10.9. The number of hydrogen-bond acceptors (Lipinski definition) is 4. The monoisotopic (exact) mass is 766 g/mol. The molecular formula is C49H52Cl2N4. The van der Waals surface area contributed by atoms with Gasteiger partial charge in [-0.15, -0.1) is 0 Å². The van der Waals surface area contributed by atoms with Crippen LogP contribution in [-0.4, -0.2) is 60.0 Å². The summed E-state index contributed by atoms with van der Waals surface area (Å²) in [6, 6.07) is 56.8. The van der Waals surface area contributed by atoms with E-state index in [9.17, 15) is 0 Å². The maximum atomic E-state index is 6.35. The van der Waals surface area contributed by atoms with Crippen LogP contribution in [0.3, 0.4) is 0 Å². The first-order valence-electron chi connectivity index (χ1n) is 19.6. The van der Waals surface area contributed by atoms with Gasteiger partial charge >= 0.3 is 0 Å². The topological polar surface area (TPSA) is 21.8 Å². The van der Waals surface area contributed by atoms with Crippen molar-refractivity contribution in [3.05, 3.63) is 190 Å². The van der Waals surface area contributed by atoms with Crippen molar-refractivity contribution in [3.63, 3.8) is 0 Å². The van der Waals surface area contributed by atoms with Crippen molar-refractivity contribution in [2.24, 2.45) is 0 Å². The zero-order valence-corrected chi connectivity index (χ0v) is 33.5. The van der Waals surface area contributed by atoms with Crippen molar-refractivity contribution in [2.45, 2.75) is 45.1 Å². The fraction of sp³-hybridized carbons (Fsp3) is 0.265. The van der Waals surface area contributed by atoms with Crippen LogP contribution in [0.15, 0.2) is 158 Å². The number of rotatable bonds is 9. The molecule has 2 unspecified atom stereocenters. The van der Waals surface area contributed by atoms with Gasteiger partial charge in [0.1, 0.15) is 0 Å². The maximum Gasteiger partial charge on any atom is 0.0484 e. The summed E-state index contributed by atoms with van der Waals surface area (Å²) in [5.41, 5.74) is 10.0. The van der Waals surface area contributed by atoms with E-state index in [-0.39, 0.29) is 0 Å². The Kier molecular flexibility index (Phi) is 13.5. The molecule has 0 bridgehead atoms. The van der Waals surface area contributed by atoms with Crippen molar-refractivity contribution in [1.82, 2.24) is 20.0 Å². The molecule has 282 valence electrons. The van der Waals surface area contributed by atoms with Gasteiger partial charge in [0, 0.05) is 91.7 Å². The second kappa shape index (κ2) is 19.1. The SMILES string of the molecule is CC(C)N1CCN(Cc2ccc(-c3ccccc3Cl)cc2)CC1c1ccccc1.Clc1ccccc1-c1ccc(CN2CCNC(c3ccccc3)C2)cc1.